The van der Waals surface area contributed by atoms with E-state index in [9.17, 15) is 6.85 Å². The van der Waals surface area contributed by atoms with Gasteiger partial charge >= 0.3 is 0 Å². The molecule has 13 rings (SSSR count). The highest BCUT2D eigenvalue weighted by atomic mass is 32.1. The van der Waals surface area contributed by atoms with Crippen LogP contribution >= 0.6 is 11.3 Å². The second kappa shape index (κ2) is 15.2. The lowest BCUT2D eigenvalue weighted by Gasteiger charge is -2.26. The van der Waals surface area contributed by atoms with E-state index in [1.165, 1.54) is 20.9 Å². The molecule has 0 aliphatic heterocycles. The van der Waals surface area contributed by atoms with Gasteiger partial charge in [-0.1, -0.05) is 182 Å². The van der Waals surface area contributed by atoms with E-state index < -0.39 is 77.6 Å². The van der Waals surface area contributed by atoms with E-state index in [0.29, 0.717) is 11.4 Å². The molecule has 0 fully saturated rings. The van der Waals surface area contributed by atoms with E-state index in [4.69, 9.17) is 8.22 Å². The molecule has 2 nitrogen and oxygen atoms in total. The minimum Gasteiger partial charge on any atom is -0.311 e. The number of nitrogens with zero attached hydrogens (tertiary/aromatic N) is 2. The average Bonchev–Trinajstić information content (AvgIpc) is 4.12. The molecule has 0 atom stereocenters. The maximum absolute atomic E-state index is 9.72. The van der Waals surface area contributed by atoms with Crippen LogP contribution in [0, 0.1) is 0 Å². The van der Waals surface area contributed by atoms with Crippen molar-refractivity contribution in [2.75, 3.05) is 4.90 Å². The monoisotopic (exact) mass is 855 g/mol. The Morgan fingerprint density at radius 2 is 0.923 bits per heavy atom. The smallest absolute Gasteiger partial charge is 0.0645 e. The highest BCUT2D eigenvalue weighted by Gasteiger charge is 2.18. The van der Waals surface area contributed by atoms with Crippen LogP contribution in [0.5, 0.6) is 0 Å². The summed E-state index contributed by atoms with van der Waals surface area (Å²) in [7, 11) is 0. The fourth-order valence-corrected chi connectivity index (χ4v) is 10.7. The lowest BCUT2D eigenvalue weighted by Crippen LogP contribution is -2.09. The molecule has 3 heteroatoms. The van der Waals surface area contributed by atoms with Gasteiger partial charge in [0.05, 0.1) is 31.8 Å². The fourth-order valence-electron chi connectivity index (χ4n) is 9.28. The van der Waals surface area contributed by atoms with Crippen molar-refractivity contribution >= 4 is 91.9 Å². The van der Waals surface area contributed by atoms with E-state index in [1.54, 1.807) is 16.2 Å². The maximum Gasteiger partial charge on any atom is 0.0645 e. The Balaban J connectivity index is 0.986. The molecule has 0 saturated carbocycles. The molecule has 13 aromatic rings. The summed E-state index contributed by atoms with van der Waals surface area (Å²) in [4.78, 5) is 1.68. The second-order valence-corrected chi connectivity index (χ2v) is 17.0. The van der Waals surface area contributed by atoms with Gasteiger partial charge in [0.25, 0.3) is 0 Å². The Morgan fingerprint density at radius 1 is 0.354 bits per heavy atom. The molecule has 0 unspecified atom stereocenters. The van der Waals surface area contributed by atoms with E-state index in [1.807, 2.05) is 91.0 Å². The number of rotatable bonds is 7. The van der Waals surface area contributed by atoms with Crippen molar-refractivity contribution in [2.45, 2.75) is 0 Å². The molecule has 2 aromatic heterocycles. The summed E-state index contributed by atoms with van der Waals surface area (Å²) in [5.41, 5.74) is 7.01. The molecule has 0 radical (unpaired) electrons. The van der Waals surface area contributed by atoms with Gasteiger partial charge in [0.15, 0.2) is 0 Å². The first-order chi connectivity index (χ1) is 36.8. The van der Waals surface area contributed by atoms with Crippen LogP contribution in [-0.2, 0) is 0 Å². The fraction of sp³-hybridized carbons (Fsp3) is 0. The molecular weight excluding hydrogens is 805 g/mol. The van der Waals surface area contributed by atoms with Crippen molar-refractivity contribution in [3.8, 4) is 39.1 Å². The van der Waals surface area contributed by atoms with Gasteiger partial charge in [-0.3, -0.25) is 0 Å². The van der Waals surface area contributed by atoms with E-state index >= 15 is 0 Å². The topological polar surface area (TPSA) is 8.17 Å². The van der Waals surface area contributed by atoms with E-state index in [-0.39, 0.29) is 16.5 Å². The van der Waals surface area contributed by atoms with Crippen molar-refractivity contribution in [1.29, 1.82) is 0 Å². The number of fused-ring (bicyclic) bond motifs is 9. The zero-order chi connectivity index (χ0) is 52.4. The van der Waals surface area contributed by atoms with Gasteiger partial charge in [-0.2, -0.15) is 0 Å². The summed E-state index contributed by atoms with van der Waals surface area (Å²) in [5, 5.41) is 6.29. The molecule has 0 spiro atoms. The Bertz CT molecular complexity index is 4520. The molecular formula is C62H40N2S. The van der Waals surface area contributed by atoms with E-state index in [0.717, 1.165) is 59.8 Å². The summed E-state index contributed by atoms with van der Waals surface area (Å²) in [6.45, 7) is 0. The van der Waals surface area contributed by atoms with Crippen LogP contribution in [0.3, 0.4) is 0 Å². The lowest BCUT2D eigenvalue weighted by molar-refractivity contribution is 1.18. The highest BCUT2D eigenvalue weighted by molar-refractivity contribution is 7.27. The molecule has 0 aliphatic carbocycles. The first-order valence-corrected chi connectivity index (χ1v) is 22.2. The van der Waals surface area contributed by atoms with Crippen LogP contribution in [-0.4, -0.2) is 4.57 Å². The van der Waals surface area contributed by atoms with Gasteiger partial charge in [0, 0.05) is 53.6 Å². The molecule has 0 amide bonds. The summed E-state index contributed by atoms with van der Waals surface area (Å²) >= 11 is 1.75. The first kappa shape index (κ1) is 27.7. The van der Waals surface area contributed by atoms with Crippen molar-refractivity contribution < 1.29 is 15.1 Å². The van der Waals surface area contributed by atoms with Crippen molar-refractivity contribution in [3.63, 3.8) is 0 Å². The molecule has 0 N–H and O–H groups in total. The predicted molar refractivity (Wildman–Crippen MR) is 280 cm³/mol. The number of benzene rings is 11. The molecule has 65 heavy (non-hydrogen) atoms. The number of para-hydroxylation sites is 3. The Kier molecular flexibility index (Phi) is 6.50. The quantitative estimate of drug-likeness (QED) is 0.155. The summed E-state index contributed by atoms with van der Waals surface area (Å²) in [6, 6.07) is 53.0. The average molecular weight is 856 g/mol. The third kappa shape index (κ3) is 6.24. The van der Waals surface area contributed by atoms with E-state index in [2.05, 4.69) is 89.5 Å². The number of hydrogen-bond acceptors (Lipinski definition) is 2. The molecule has 0 bridgehead atoms. The SMILES string of the molecule is [2H]c1c([2H])c(N(c2ccc(-c3ccccc3-n3c4ccccc4c4ccccc43)cc2)c2ccc(-c3cccc4c3sc3c5ccccc5ccc43)cc2)c([2H])c([2H])c1-c1c([2H])c([2H])c2c([2H])c([2H])c([2H])c([2H])c2c1[2H]. The normalized spacial score (nSPS) is 14.1. The maximum atomic E-state index is 9.72. The van der Waals surface area contributed by atoms with Gasteiger partial charge in [-0.05, 0) is 110 Å². The predicted octanol–water partition coefficient (Wildman–Crippen LogP) is 17.9. The molecule has 2 heterocycles. The first-order valence-electron chi connectivity index (χ1n) is 26.9. The van der Waals surface area contributed by atoms with Crippen LogP contribution in [0.1, 0.15) is 15.1 Å². The Morgan fingerprint density at radius 3 is 1.66 bits per heavy atom. The number of aromatic nitrogens is 1. The highest BCUT2D eigenvalue weighted by Crippen LogP contribution is 2.44. The van der Waals surface area contributed by atoms with Crippen molar-refractivity contribution in [1.82, 2.24) is 4.57 Å². The van der Waals surface area contributed by atoms with Crippen molar-refractivity contribution in [3.05, 3.63) is 242 Å². The largest absolute Gasteiger partial charge is 0.311 e. The number of anilines is 3. The Labute approximate surface area is 396 Å². The second-order valence-electron chi connectivity index (χ2n) is 16.0. The minimum atomic E-state index is -0.651. The van der Waals surface area contributed by atoms with Gasteiger partial charge in [-0.15, -0.1) is 11.3 Å². The zero-order valence-corrected chi connectivity index (χ0v) is 35.4. The number of hydrogen-bond donors (Lipinski definition) is 0. The van der Waals surface area contributed by atoms with Gasteiger partial charge < -0.3 is 9.47 Å². The standard InChI is InChI=1S/C62H40N2S/c1-2-14-46-40-47(25-24-41(46)12-1)42-26-33-48(34-27-42)63(50-37-30-45(31-38-50)53-19-11-20-56-57-39-32-43-13-3-4-16-52(43)62(57)65-61(53)56)49-35-28-44(29-36-49)51-15-5-8-21-58(51)64-59-22-9-6-17-54(59)55-18-7-10-23-60(55)64/h1-40H/i1D,2D,12D,14D,24D,25D,26D,27D,33D,34D,40D. The van der Waals surface area contributed by atoms with Gasteiger partial charge in [0.1, 0.15) is 0 Å². The third-order valence-corrected chi connectivity index (χ3v) is 13.6. The van der Waals surface area contributed by atoms with Crippen LogP contribution in [0.25, 0.3) is 103 Å². The molecule has 0 aliphatic rings. The van der Waals surface area contributed by atoms with Crippen LogP contribution in [0.2, 0.25) is 0 Å². The van der Waals surface area contributed by atoms with Gasteiger partial charge in [0.2, 0.25) is 0 Å². The minimum absolute atomic E-state index is 0.102. The molecule has 304 valence electrons. The lowest BCUT2D eigenvalue weighted by atomic mass is 10.00. The Hall–Kier alpha value is -8.24. The van der Waals surface area contributed by atoms with Crippen LogP contribution in [0.4, 0.5) is 17.1 Å². The summed E-state index contributed by atoms with van der Waals surface area (Å²) in [6.07, 6.45) is 0. The number of thiophene rings is 1. The molecule has 11 aromatic carbocycles. The third-order valence-electron chi connectivity index (χ3n) is 12.3. The van der Waals surface area contributed by atoms with Crippen LogP contribution < -0.4 is 4.90 Å². The van der Waals surface area contributed by atoms with Crippen LogP contribution in [0.15, 0.2) is 242 Å². The zero-order valence-electron chi connectivity index (χ0n) is 45.5. The molecule has 0 saturated heterocycles. The summed E-state index contributed by atoms with van der Waals surface area (Å²) < 4.78 is 104. The van der Waals surface area contributed by atoms with Crippen molar-refractivity contribution in [2.24, 2.45) is 0 Å². The summed E-state index contributed by atoms with van der Waals surface area (Å²) in [5.74, 6) is 0. The van der Waals surface area contributed by atoms with Gasteiger partial charge in [-0.25, -0.2) is 0 Å².